The second kappa shape index (κ2) is 13.2. The van der Waals surface area contributed by atoms with Crippen molar-refractivity contribution in [3.63, 3.8) is 0 Å². The van der Waals surface area contributed by atoms with Gasteiger partial charge < -0.3 is 9.47 Å². The Morgan fingerprint density at radius 2 is 1.23 bits per heavy atom. The number of hydrogen-bond donors (Lipinski definition) is 0. The van der Waals surface area contributed by atoms with Gasteiger partial charge in [0.15, 0.2) is 5.56 Å². The Balaban J connectivity index is 2.17. The van der Waals surface area contributed by atoms with Crippen molar-refractivity contribution in [2.75, 3.05) is 5.75 Å². The van der Waals surface area contributed by atoms with Gasteiger partial charge >= 0.3 is 12.1 Å². The number of carbonyl (C=O) groups is 3. The summed E-state index contributed by atoms with van der Waals surface area (Å²) in [4.78, 5) is 40.2. The van der Waals surface area contributed by atoms with E-state index in [4.69, 9.17) is 21.1 Å². The van der Waals surface area contributed by atoms with E-state index >= 15 is 0 Å². The van der Waals surface area contributed by atoms with Crippen LogP contribution < -0.4 is 0 Å². The number of ether oxygens (including phenoxy) is 2. The van der Waals surface area contributed by atoms with Crippen molar-refractivity contribution in [1.29, 1.82) is 0 Å². The van der Waals surface area contributed by atoms with Crippen LogP contribution in [0.5, 0.6) is 0 Å². The van der Waals surface area contributed by atoms with Crippen LogP contribution in [0.15, 0.2) is 91.0 Å². The number of carbonyl (C=O) groups excluding carboxylic acids is 3. The minimum absolute atomic E-state index is 0.0138. The van der Waals surface area contributed by atoms with Gasteiger partial charge in [0.1, 0.15) is 11.6 Å². The van der Waals surface area contributed by atoms with E-state index in [1.54, 1.807) is 20.8 Å². The molecule has 8 heteroatoms. The van der Waals surface area contributed by atoms with Crippen LogP contribution in [-0.2, 0) is 23.8 Å². The number of esters is 1. The quantitative estimate of drug-likeness (QED) is 0.158. The van der Waals surface area contributed by atoms with Gasteiger partial charge in [-0.25, -0.2) is 14.5 Å². The van der Waals surface area contributed by atoms with Crippen molar-refractivity contribution in [3.05, 3.63) is 108 Å². The van der Waals surface area contributed by atoms with Crippen LogP contribution in [-0.4, -0.2) is 45.8 Å². The summed E-state index contributed by atoms with van der Waals surface area (Å²) in [5.74, 6) is -1.42. The molecule has 0 spiro atoms. The van der Waals surface area contributed by atoms with Crippen LogP contribution >= 0.6 is 23.4 Å². The maximum absolute atomic E-state index is 13.4. The fraction of sp³-hybridized carbons (Fsp3) is 0.323. The molecule has 6 nitrogen and oxygen atoms in total. The number of hydrogen-bond acceptors (Lipinski definition) is 6. The molecular formula is C31H34ClNO5S. The number of amides is 2. The molecule has 2 amide bonds. The van der Waals surface area contributed by atoms with Crippen molar-refractivity contribution in [1.82, 2.24) is 4.90 Å². The monoisotopic (exact) mass is 567 g/mol. The van der Waals surface area contributed by atoms with Crippen LogP contribution in [0.1, 0.15) is 51.3 Å². The molecule has 0 fully saturated rings. The summed E-state index contributed by atoms with van der Waals surface area (Å²) in [5.41, 5.74) is 1.07. The number of thioether (sulfide) groups is 1. The Morgan fingerprint density at radius 3 is 1.56 bits per heavy atom. The van der Waals surface area contributed by atoms with E-state index in [1.165, 1.54) is 25.6 Å². The standard InChI is InChI=1S/C31H34ClNO5S/c1-22(32)37-28(35)27(33(23(2)34)29(36)38-30(3,4)5)21-39-31(24-15-9-6-10-16-24,25-17-11-7-12-18-25)26-19-13-8-14-20-26/h6-20,22,27H,21H2,1-5H3. The summed E-state index contributed by atoms with van der Waals surface area (Å²) < 4.78 is 10.0. The van der Waals surface area contributed by atoms with Gasteiger partial charge in [0.05, 0.1) is 4.75 Å². The third-order valence-electron chi connectivity index (χ3n) is 5.79. The molecule has 0 heterocycles. The zero-order valence-corrected chi connectivity index (χ0v) is 24.4. The number of halogens is 1. The molecule has 0 aliphatic heterocycles. The summed E-state index contributed by atoms with van der Waals surface area (Å²) in [5, 5.41) is 0. The summed E-state index contributed by atoms with van der Waals surface area (Å²) in [6.07, 6.45) is -0.926. The van der Waals surface area contributed by atoms with E-state index in [-0.39, 0.29) is 5.75 Å². The van der Waals surface area contributed by atoms with Gasteiger partial charge in [-0.05, 0) is 44.4 Å². The molecule has 0 aromatic heterocycles. The Bertz CT molecular complexity index is 1150. The lowest BCUT2D eigenvalue weighted by atomic mass is 9.84. The number of nitrogens with zero attached hydrogens (tertiary/aromatic N) is 1. The van der Waals surface area contributed by atoms with Crippen molar-refractivity contribution < 1.29 is 23.9 Å². The van der Waals surface area contributed by atoms with Gasteiger partial charge in [0.2, 0.25) is 5.91 Å². The van der Waals surface area contributed by atoms with Crippen molar-refractivity contribution in [3.8, 4) is 0 Å². The molecule has 0 radical (unpaired) electrons. The molecule has 3 aromatic carbocycles. The first-order valence-corrected chi connectivity index (χ1v) is 14.1. The average Bonchev–Trinajstić information content (AvgIpc) is 2.88. The lowest BCUT2D eigenvalue weighted by Gasteiger charge is -2.37. The summed E-state index contributed by atoms with van der Waals surface area (Å²) >= 11 is 7.42. The topological polar surface area (TPSA) is 72.9 Å². The third kappa shape index (κ3) is 7.64. The Kier molecular flexibility index (Phi) is 10.2. The maximum Gasteiger partial charge on any atom is 0.417 e. The van der Waals surface area contributed by atoms with Gasteiger partial charge in [-0.2, -0.15) is 0 Å². The summed E-state index contributed by atoms with van der Waals surface area (Å²) in [6, 6.07) is 28.4. The number of imide groups is 1. The molecule has 0 aliphatic rings. The maximum atomic E-state index is 13.4. The highest BCUT2D eigenvalue weighted by Crippen LogP contribution is 2.49. The number of rotatable bonds is 9. The molecule has 0 aliphatic carbocycles. The number of alkyl halides is 1. The van der Waals surface area contributed by atoms with E-state index in [0.717, 1.165) is 21.6 Å². The van der Waals surface area contributed by atoms with E-state index in [1.807, 2.05) is 91.0 Å². The second-order valence-electron chi connectivity index (χ2n) is 9.96. The second-order valence-corrected chi connectivity index (χ2v) is 11.8. The van der Waals surface area contributed by atoms with Gasteiger partial charge in [-0.1, -0.05) is 103 Å². The average molecular weight is 568 g/mol. The van der Waals surface area contributed by atoms with Gasteiger partial charge in [-0.3, -0.25) is 4.79 Å². The molecular weight excluding hydrogens is 534 g/mol. The molecule has 0 bridgehead atoms. The van der Waals surface area contributed by atoms with Crippen molar-refractivity contribution >= 4 is 41.3 Å². The van der Waals surface area contributed by atoms with Gasteiger partial charge in [-0.15, -0.1) is 11.8 Å². The fourth-order valence-electron chi connectivity index (χ4n) is 4.25. The lowest BCUT2D eigenvalue weighted by Crippen LogP contribution is -2.52. The van der Waals surface area contributed by atoms with E-state index < -0.39 is 39.9 Å². The Hall–Kier alpha value is -3.29. The molecule has 0 saturated heterocycles. The first-order valence-electron chi connectivity index (χ1n) is 12.6. The van der Waals surface area contributed by atoms with E-state index in [0.29, 0.717) is 0 Å². The molecule has 206 valence electrons. The molecule has 3 aromatic rings. The van der Waals surface area contributed by atoms with E-state index in [9.17, 15) is 14.4 Å². The minimum Gasteiger partial charge on any atom is -0.445 e. The first kappa shape index (κ1) is 30.3. The predicted molar refractivity (Wildman–Crippen MR) is 156 cm³/mol. The summed E-state index contributed by atoms with van der Waals surface area (Å²) in [7, 11) is 0. The van der Waals surface area contributed by atoms with Crippen LogP contribution in [0.4, 0.5) is 4.79 Å². The highest BCUT2D eigenvalue weighted by atomic mass is 35.5. The van der Waals surface area contributed by atoms with Gasteiger partial charge in [0.25, 0.3) is 0 Å². The zero-order chi connectivity index (χ0) is 28.6. The van der Waals surface area contributed by atoms with E-state index in [2.05, 4.69) is 0 Å². The fourth-order valence-corrected chi connectivity index (χ4v) is 5.93. The Labute approximate surface area is 239 Å². The summed E-state index contributed by atoms with van der Waals surface area (Å²) in [6.45, 7) is 7.79. The highest BCUT2D eigenvalue weighted by molar-refractivity contribution is 8.00. The molecule has 39 heavy (non-hydrogen) atoms. The zero-order valence-electron chi connectivity index (χ0n) is 22.8. The largest absolute Gasteiger partial charge is 0.445 e. The molecule has 0 N–H and O–H groups in total. The van der Waals surface area contributed by atoms with Crippen molar-refractivity contribution in [2.45, 2.75) is 56.6 Å². The smallest absolute Gasteiger partial charge is 0.417 e. The molecule has 3 rings (SSSR count). The van der Waals surface area contributed by atoms with Crippen LogP contribution in [0, 0.1) is 0 Å². The Morgan fingerprint density at radius 1 is 0.821 bits per heavy atom. The third-order valence-corrected chi connectivity index (χ3v) is 7.50. The molecule has 2 unspecified atom stereocenters. The molecule has 2 atom stereocenters. The highest BCUT2D eigenvalue weighted by Gasteiger charge is 2.42. The SMILES string of the molecule is CC(=O)N(C(=O)OC(C)(C)C)C(CSC(c1ccccc1)(c1ccccc1)c1ccccc1)C(=O)OC(C)Cl. The van der Waals surface area contributed by atoms with Gasteiger partial charge in [0, 0.05) is 12.7 Å². The van der Waals surface area contributed by atoms with Crippen LogP contribution in [0.3, 0.4) is 0 Å². The number of benzene rings is 3. The van der Waals surface area contributed by atoms with Crippen LogP contribution in [0.25, 0.3) is 0 Å². The lowest BCUT2D eigenvalue weighted by molar-refractivity contribution is -0.154. The minimum atomic E-state index is -1.29. The molecule has 0 saturated carbocycles. The predicted octanol–water partition coefficient (Wildman–Crippen LogP) is 6.99. The first-order chi connectivity index (χ1) is 18.5. The van der Waals surface area contributed by atoms with Crippen LogP contribution in [0.2, 0.25) is 0 Å². The van der Waals surface area contributed by atoms with Crippen molar-refractivity contribution in [2.24, 2.45) is 0 Å². The normalized spacial score (nSPS) is 13.2.